The molecule has 0 unspecified atom stereocenters. The number of H-pyrrole nitrogens is 1. The van der Waals surface area contributed by atoms with Gasteiger partial charge in [0.25, 0.3) is 5.56 Å². The van der Waals surface area contributed by atoms with Gasteiger partial charge in [-0.3, -0.25) is 9.69 Å². The Morgan fingerprint density at radius 1 is 1.35 bits per heavy atom. The van der Waals surface area contributed by atoms with Gasteiger partial charge in [-0.2, -0.15) is 0 Å². The van der Waals surface area contributed by atoms with Crippen molar-refractivity contribution in [1.29, 1.82) is 0 Å². The molecule has 1 fully saturated rings. The molecule has 2 aliphatic rings. The second-order valence-corrected chi connectivity index (χ2v) is 6.68. The summed E-state index contributed by atoms with van der Waals surface area (Å²) in [6.07, 6.45) is 4.07. The minimum atomic E-state index is -0.207. The summed E-state index contributed by atoms with van der Waals surface area (Å²) in [4.78, 5) is 22.1. The smallest absolute Gasteiger partial charge is 0.254 e. The maximum Gasteiger partial charge on any atom is 0.254 e. The van der Waals surface area contributed by atoms with E-state index in [4.69, 9.17) is 4.98 Å². The molecule has 0 atom stereocenters. The first-order valence-electron chi connectivity index (χ1n) is 8.25. The van der Waals surface area contributed by atoms with Gasteiger partial charge >= 0.3 is 0 Å². The number of rotatable bonds is 4. The fraction of sp³-hybridized carbons (Fsp3) is 0.444. The quantitative estimate of drug-likeness (QED) is 0.943. The number of nitrogens with one attached hydrogen (secondary N) is 1. The SMILES string of the molecule is O=c1[nH]c(CC2CC2)nc2c1CCN(Cc1cccc(F)c1)C2. The fourth-order valence-electron chi connectivity index (χ4n) is 3.27. The van der Waals surface area contributed by atoms with Crippen molar-refractivity contribution in [2.45, 2.75) is 38.8 Å². The van der Waals surface area contributed by atoms with Gasteiger partial charge in [0, 0.05) is 31.6 Å². The second kappa shape index (κ2) is 5.89. The molecule has 2 heterocycles. The van der Waals surface area contributed by atoms with Gasteiger partial charge in [-0.25, -0.2) is 9.37 Å². The molecule has 5 heteroatoms. The maximum absolute atomic E-state index is 13.3. The van der Waals surface area contributed by atoms with Gasteiger partial charge in [0.05, 0.1) is 5.69 Å². The van der Waals surface area contributed by atoms with E-state index in [1.807, 2.05) is 6.07 Å². The van der Waals surface area contributed by atoms with E-state index in [1.54, 1.807) is 12.1 Å². The van der Waals surface area contributed by atoms with E-state index in [-0.39, 0.29) is 11.4 Å². The Hall–Kier alpha value is -2.01. The van der Waals surface area contributed by atoms with Crippen molar-refractivity contribution in [2.75, 3.05) is 6.54 Å². The molecule has 0 radical (unpaired) electrons. The van der Waals surface area contributed by atoms with Gasteiger partial charge in [0.15, 0.2) is 0 Å². The Bertz CT molecular complexity index is 782. The summed E-state index contributed by atoms with van der Waals surface area (Å²) in [6, 6.07) is 6.70. The Kier molecular flexibility index (Phi) is 3.73. The minimum Gasteiger partial charge on any atom is -0.310 e. The summed E-state index contributed by atoms with van der Waals surface area (Å²) >= 11 is 0. The lowest BCUT2D eigenvalue weighted by molar-refractivity contribution is 0.239. The highest BCUT2D eigenvalue weighted by atomic mass is 19.1. The number of halogens is 1. The zero-order valence-electron chi connectivity index (χ0n) is 13.0. The predicted molar refractivity (Wildman–Crippen MR) is 85.5 cm³/mol. The molecule has 1 saturated carbocycles. The molecule has 23 heavy (non-hydrogen) atoms. The van der Waals surface area contributed by atoms with Crippen molar-refractivity contribution < 1.29 is 4.39 Å². The van der Waals surface area contributed by atoms with Gasteiger partial charge in [-0.05, 0) is 42.9 Å². The zero-order valence-corrected chi connectivity index (χ0v) is 13.0. The number of fused-ring (bicyclic) bond motifs is 1. The predicted octanol–water partition coefficient (Wildman–Crippen LogP) is 2.42. The van der Waals surface area contributed by atoms with Gasteiger partial charge < -0.3 is 4.98 Å². The van der Waals surface area contributed by atoms with Crippen LogP contribution in [-0.2, 0) is 25.9 Å². The molecular formula is C18H20FN3O. The molecule has 1 aromatic carbocycles. The summed E-state index contributed by atoms with van der Waals surface area (Å²) in [5, 5.41) is 0. The Morgan fingerprint density at radius 3 is 3.00 bits per heavy atom. The van der Waals surface area contributed by atoms with Crippen LogP contribution in [0.25, 0.3) is 0 Å². The standard InChI is InChI=1S/C18H20FN3O/c19-14-3-1-2-13(8-14)10-22-7-6-15-16(11-22)20-17(21-18(15)23)9-12-4-5-12/h1-3,8,12H,4-7,9-11H2,(H,20,21,23). The van der Waals surface area contributed by atoms with Crippen LogP contribution >= 0.6 is 0 Å². The van der Waals surface area contributed by atoms with E-state index in [9.17, 15) is 9.18 Å². The number of benzene rings is 1. The molecule has 0 amide bonds. The Balaban J connectivity index is 1.53. The fourth-order valence-corrected chi connectivity index (χ4v) is 3.27. The molecule has 0 spiro atoms. The van der Waals surface area contributed by atoms with Crippen LogP contribution in [-0.4, -0.2) is 21.4 Å². The van der Waals surface area contributed by atoms with Crippen LogP contribution in [0.3, 0.4) is 0 Å². The molecule has 1 N–H and O–H groups in total. The summed E-state index contributed by atoms with van der Waals surface area (Å²) in [5.41, 5.74) is 2.69. The molecule has 1 aliphatic heterocycles. The number of nitrogens with zero attached hydrogens (tertiary/aromatic N) is 2. The highest BCUT2D eigenvalue weighted by Crippen LogP contribution is 2.31. The van der Waals surface area contributed by atoms with E-state index in [2.05, 4.69) is 9.88 Å². The molecule has 120 valence electrons. The molecule has 0 saturated heterocycles. The Labute approximate surface area is 134 Å². The topological polar surface area (TPSA) is 49.0 Å². The third-order valence-corrected chi connectivity index (χ3v) is 4.68. The van der Waals surface area contributed by atoms with E-state index < -0.39 is 0 Å². The average Bonchev–Trinajstić information content (AvgIpc) is 3.31. The lowest BCUT2D eigenvalue weighted by atomic mass is 10.1. The van der Waals surface area contributed by atoms with Crippen molar-refractivity contribution in [3.05, 3.63) is 63.1 Å². The zero-order chi connectivity index (χ0) is 15.8. The van der Waals surface area contributed by atoms with E-state index >= 15 is 0 Å². The van der Waals surface area contributed by atoms with Crippen molar-refractivity contribution >= 4 is 0 Å². The third kappa shape index (κ3) is 3.34. The molecule has 0 bridgehead atoms. The number of aromatic amines is 1. The lowest BCUT2D eigenvalue weighted by Gasteiger charge is -2.27. The molecule has 2 aromatic rings. The first kappa shape index (κ1) is 14.6. The number of aromatic nitrogens is 2. The second-order valence-electron chi connectivity index (χ2n) is 6.68. The highest BCUT2D eigenvalue weighted by Gasteiger charge is 2.25. The first-order chi connectivity index (χ1) is 11.2. The van der Waals surface area contributed by atoms with Crippen LogP contribution in [0.5, 0.6) is 0 Å². The van der Waals surface area contributed by atoms with Crippen molar-refractivity contribution in [3.8, 4) is 0 Å². The van der Waals surface area contributed by atoms with Crippen molar-refractivity contribution in [2.24, 2.45) is 5.92 Å². The third-order valence-electron chi connectivity index (χ3n) is 4.68. The number of hydrogen-bond acceptors (Lipinski definition) is 3. The van der Waals surface area contributed by atoms with E-state index in [0.717, 1.165) is 35.6 Å². The summed E-state index contributed by atoms with van der Waals surface area (Å²) in [5.74, 6) is 1.31. The van der Waals surface area contributed by atoms with Crippen LogP contribution in [0.1, 0.15) is 35.5 Å². The normalized spacial score (nSPS) is 18.0. The van der Waals surface area contributed by atoms with Crippen molar-refractivity contribution in [1.82, 2.24) is 14.9 Å². The highest BCUT2D eigenvalue weighted by molar-refractivity contribution is 5.22. The number of hydrogen-bond donors (Lipinski definition) is 1. The van der Waals surface area contributed by atoms with Gasteiger partial charge in [0.1, 0.15) is 11.6 Å². The van der Waals surface area contributed by atoms with Crippen LogP contribution in [0.15, 0.2) is 29.1 Å². The van der Waals surface area contributed by atoms with Gasteiger partial charge in [-0.15, -0.1) is 0 Å². The van der Waals surface area contributed by atoms with Crippen LogP contribution < -0.4 is 5.56 Å². The van der Waals surface area contributed by atoms with Gasteiger partial charge in [0.2, 0.25) is 0 Å². The Morgan fingerprint density at radius 2 is 2.22 bits per heavy atom. The average molecular weight is 313 g/mol. The molecule has 1 aromatic heterocycles. The summed E-state index contributed by atoms with van der Waals surface area (Å²) < 4.78 is 13.3. The maximum atomic E-state index is 13.3. The monoisotopic (exact) mass is 313 g/mol. The summed E-state index contributed by atoms with van der Waals surface area (Å²) in [6.45, 7) is 2.15. The van der Waals surface area contributed by atoms with Crippen LogP contribution in [0.4, 0.5) is 4.39 Å². The molecule has 4 nitrogen and oxygen atoms in total. The lowest BCUT2D eigenvalue weighted by Crippen LogP contribution is -2.35. The molecular weight excluding hydrogens is 293 g/mol. The van der Waals surface area contributed by atoms with Gasteiger partial charge in [-0.1, -0.05) is 12.1 Å². The van der Waals surface area contributed by atoms with Crippen LogP contribution in [0.2, 0.25) is 0 Å². The van der Waals surface area contributed by atoms with E-state index in [0.29, 0.717) is 25.4 Å². The summed E-state index contributed by atoms with van der Waals surface area (Å²) in [7, 11) is 0. The van der Waals surface area contributed by atoms with Crippen LogP contribution in [0, 0.1) is 11.7 Å². The largest absolute Gasteiger partial charge is 0.310 e. The van der Waals surface area contributed by atoms with E-state index in [1.165, 1.54) is 18.9 Å². The molecule has 1 aliphatic carbocycles. The molecule has 4 rings (SSSR count). The minimum absolute atomic E-state index is 0.0241. The first-order valence-corrected chi connectivity index (χ1v) is 8.25. The van der Waals surface area contributed by atoms with Crippen molar-refractivity contribution in [3.63, 3.8) is 0 Å².